The fraction of sp³-hybridized carbons (Fsp3) is 0.889. The van der Waals surface area contributed by atoms with Gasteiger partial charge in [-0.25, -0.2) is 8.42 Å². The summed E-state index contributed by atoms with van der Waals surface area (Å²) in [7, 11) is -3.47. The maximum absolute atomic E-state index is 12.3. The van der Waals surface area contributed by atoms with Crippen molar-refractivity contribution in [3.8, 4) is 0 Å². The minimum absolute atomic E-state index is 0.0503. The van der Waals surface area contributed by atoms with Gasteiger partial charge >= 0.3 is 0 Å². The predicted molar refractivity (Wildman–Crippen MR) is 60.7 cm³/mol. The second kappa shape index (κ2) is 4.89. The summed E-state index contributed by atoms with van der Waals surface area (Å²) in [6, 6.07) is -0.866. The molecule has 0 bridgehead atoms. The molecule has 8 heteroatoms. The molecule has 0 radical (unpaired) electrons. The molecule has 2 saturated heterocycles. The normalized spacial score (nSPS) is 31.5. The van der Waals surface area contributed by atoms with Crippen LogP contribution in [0.2, 0.25) is 0 Å². The lowest BCUT2D eigenvalue weighted by Gasteiger charge is -2.34. The van der Waals surface area contributed by atoms with Crippen LogP contribution >= 0.6 is 0 Å². The highest BCUT2D eigenvalue weighted by molar-refractivity contribution is 7.89. The Morgan fingerprint density at radius 1 is 1.47 bits per heavy atom. The highest BCUT2D eigenvalue weighted by atomic mass is 32.2. The van der Waals surface area contributed by atoms with E-state index in [4.69, 9.17) is 10.5 Å². The van der Waals surface area contributed by atoms with E-state index in [0.717, 1.165) is 0 Å². The van der Waals surface area contributed by atoms with Crippen LogP contribution in [0.5, 0.6) is 0 Å². The van der Waals surface area contributed by atoms with Crippen LogP contribution in [0.4, 0.5) is 0 Å². The summed E-state index contributed by atoms with van der Waals surface area (Å²) in [4.78, 5) is 11.2. The zero-order chi connectivity index (χ0) is 12.5. The van der Waals surface area contributed by atoms with Crippen LogP contribution in [0.1, 0.15) is 6.42 Å². The van der Waals surface area contributed by atoms with Gasteiger partial charge < -0.3 is 15.8 Å². The Balaban J connectivity index is 2.20. The Kier molecular flexibility index (Phi) is 3.67. The monoisotopic (exact) mass is 263 g/mol. The number of ether oxygens (including phenoxy) is 1. The van der Waals surface area contributed by atoms with Crippen molar-refractivity contribution >= 4 is 15.9 Å². The molecule has 0 spiro atoms. The molecule has 98 valence electrons. The SMILES string of the molecule is NC(=O)C1COCCN1S(=O)(=O)C1CCNC1. The van der Waals surface area contributed by atoms with Gasteiger partial charge in [0.2, 0.25) is 15.9 Å². The van der Waals surface area contributed by atoms with Crippen molar-refractivity contribution < 1.29 is 17.9 Å². The van der Waals surface area contributed by atoms with Crippen LogP contribution in [0.15, 0.2) is 0 Å². The molecule has 0 aromatic carbocycles. The average Bonchev–Trinajstić information content (AvgIpc) is 2.83. The molecule has 17 heavy (non-hydrogen) atoms. The first-order valence-corrected chi connectivity index (χ1v) is 7.12. The summed E-state index contributed by atoms with van der Waals surface area (Å²) < 4.78 is 31.0. The second-order valence-corrected chi connectivity index (χ2v) is 6.43. The molecule has 2 aliphatic rings. The highest BCUT2D eigenvalue weighted by Crippen LogP contribution is 2.20. The lowest BCUT2D eigenvalue weighted by Crippen LogP contribution is -2.56. The van der Waals surface area contributed by atoms with Crippen LogP contribution in [-0.2, 0) is 19.6 Å². The molecule has 1 amide bonds. The summed E-state index contributed by atoms with van der Waals surface area (Å²) >= 11 is 0. The molecule has 2 rings (SSSR count). The van der Waals surface area contributed by atoms with Gasteiger partial charge in [0.05, 0.1) is 18.5 Å². The first-order chi connectivity index (χ1) is 8.03. The molecule has 7 nitrogen and oxygen atoms in total. The molecule has 2 unspecified atom stereocenters. The lowest BCUT2D eigenvalue weighted by molar-refractivity contribution is -0.125. The number of morpholine rings is 1. The van der Waals surface area contributed by atoms with E-state index in [9.17, 15) is 13.2 Å². The van der Waals surface area contributed by atoms with Crippen LogP contribution in [-0.4, -0.2) is 62.8 Å². The smallest absolute Gasteiger partial charge is 0.238 e. The number of carbonyl (C=O) groups is 1. The maximum atomic E-state index is 12.3. The summed E-state index contributed by atoms with van der Waals surface area (Å²) in [5.41, 5.74) is 5.21. The van der Waals surface area contributed by atoms with Crippen molar-refractivity contribution in [2.24, 2.45) is 5.73 Å². The number of hydrogen-bond donors (Lipinski definition) is 2. The number of primary amides is 1. The number of nitrogens with zero attached hydrogens (tertiary/aromatic N) is 1. The molecular formula is C9H17N3O4S. The van der Waals surface area contributed by atoms with Crippen LogP contribution in [0, 0.1) is 0 Å². The number of nitrogens with one attached hydrogen (secondary N) is 1. The number of amides is 1. The Morgan fingerprint density at radius 3 is 2.82 bits per heavy atom. The molecular weight excluding hydrogens is 246 g/mol. The minimum Gasteiger partial charge on any atom is -0.378 e. The number of carbonyl (C=O) groups excluding carboxylic acids is 1. The molecule has 0 aromatic heterocycles. The van der Waals surface area contributed by atoms with Crippen molar-refractivity contribution in [1.82, 2.24) is 9.62 Å². The zero-order valence-corrected chi connectivity index (χ0v) is 10.3. The van der Waals surface area contributed by atoms with E-state index >= 15 is 0 Å². The molecule has 0 saturated carbocycles. The van der Waals surface area contributed by atoms with E-state index in [1.807, 2.05) is 0 Å². The first kappa shape index (κ1) is 12.7. The lowest BCUT2D eigenvalue weighted by atomic mass is 10.3. The molecule has 0 aliphatic carbocycles. The number of nitrogens with two attached hydrogens (primary N) is 1. The summed E-state index contributed by atoms with van der Waals surface area (Å²) in [5, 5.41) is 2.55. The van der Waals surface area contributed by atoms with Crippen molar-refractivity contribution in [3.63, 3.8) is 0 Å². The largest absolute Gasteiger partial charge is 0.378 e. The van der Waals surface area contributed by atoms with E-state index in [1.165, 1.54) is 4.31 Å². The van der Waals surface area contributed by atoms with Gasteiger partial charge in [-0.05, 0) is 13.0 Å². The molecule has 2 fully saturated rings. The summed E-state index contributed by atoms with van der Waals surface area (Å²) in [6.07, 6.45) is 0.575. The zero-order valence-electron chi connectivity index (χ0n) is 9.46. The van der Waals surface area contributed by atoms with Gasteiger partial charge in [0, 0.05) is 13.1 Å². The van der Waals surface area contributed by atoms with Gasteiger partial charge in [-0.1, -0.05) is 0 Å². The molecule has 3 N–H and O–H groups in total. The highest BCUT2D eigenvalue weighted by Gasteiger charge is 2.41. The van der Waals surface area contributed by atoms with Crippen molar-refractivity contribution in [3.05, 3.63) is 0 Å². The van der Waals surface area contributed by atoms with Gasteiger partial charge in [-0.15, -0.1) is 0 Å². The molecule has 2 aliphatic heterocycles. The third-order valence-electron chi connectivity index (χ3n) is 3.17. The van der Waals surface area contributed by atoms with Crippen molar-refractivity contribution in [2.75, 3.05) is 32.8 Å². The van der Waals surface area contributed by atoms with Crippen LogP contribution in [0.3, 0.4) is 0 Å². The third kappa shape index (κ3) is 2.44. The average molecular weight is 263 g/mol. The van der Waals surface area contributed by atoms with Gasteiger partial charge in [0.15, 0.2) is 0 Å². The molecule has 2 heterocycles. The van der Waals surface area contributed by atoms with E-state index < -0.39 is 27.2 Å². The number of rotatable bonds is 3. The van der Waals surface area contributed by atoms with Gasteiger partial charge in [0.1, 0.15) is 6.04 Å². The fourth-order valence-corrected chi connectivity index (χ4v) is 4.17. The minimum atomic E-state index is -3.47. The summed E-state index contributed by atoms with van der Waals surface area (Å²) in [5.74, 6) is -0.653. The number of sulfonamides is 1. The number of hydrogen-bond acceptors (Lipinski definition) is 5. The Labute approximate surface area is 100 Å². The third-order valence-corrected chi connectivity index (χ3v) is 5.51. The molecule has 2 atom stereocenters. The first-order valence-electron chi connectivity index (χ1n) is 5.62. The topological polar surface area (TPSA) is 102 Å². The predicted octanol–water partition coefficient (Wildman–Crippen LogP) is -2.14. The van der Waals surface area contributed by atoms with Crippen molar-refractivity contribution in [1.29, 1.82) is 0 Å². The van der Waals surface area contributed by atoms with Crippen LogP contribution in [0.25, 0.3) is 0 Å². The van der Waals surface area contributed by atoms with Crippen molar-refractivity contribution in [2.45, 2.75) is 17.7 Å². The Bertz CT molecular complexity index is 391. The van der Waals surface area contributed by atoms with E-state index in [2.05, 4.69) is 5.32 Å². The van der Waals surface area contributed by atoms with Gasteiger partial charge in [0.25, 0.3) is 0 Å². The van der Waals surface area contributed by atoms with E-state index in [-0.39, 0.29) is 13.2 Å². The summed E-state index contributed by atoms with van der Waals surface area (Å²) in [6.45, 7) is 1.69. The standard InChI is InChI=1S/C9H17N3O4S/c10-9(13)8-6-16-4-3-12(8)17(14,15)7-1-2-11-5-7/h7-8,11H,1-6H2,(H2,10,13). The van der Waals surface area contributed by atoms with E-state index in [0.29, 0.717) is 26.1 Å². The Morgan fingerprint density at radius 2 is 2.24 bits per heavy atom. The van der Waals surface area contributed by atoms with Gasteiger partial charge in [-0.3, -0.25) is 4.79 Å². The van der Waals surface area contributed by atoms with Crippen LogP contribution < -0.4 is 11.1 Å². The Hall–Kier alpha value is -0.700. The molecule has 0 aromatic rings. The van der Waals surface area contributed by atoms with E-state index in [1.54, 1.807) is 0 Å². The second-order valence-electron chi connectivity index (χ2n) is 4.26. The fourth-order valence-electron chi connectivity index (χ4n) is 2.19. The quantitative estimate of drug-likeness (QED) is 0.605. The maximum Gasteiger partial charge on any atom is 0.238 e. The van der Waals surface area contributed by atoms with Gasteiger partial charge in [-0.2, -0.15) is 4.31 Å².